The van der Waals surface area contributed by atoms with Crippen molar-refractivity contribution in [2.75, 3.05) is 26.8 Å². The zero-order valence-electron chi connectivity index (χ0n) is 18.3. The van der Waals surface area contributed by atoms with Crippen LogP contribution in [0, 0.1) is 12.7 Å². The highest BCUT2D eigenvalue weighted by atomic mass is 19.1. The number of aryl methyl sites for hydroxylation is 1. The van der Waals surface area contributed by atoms with Crippen LogP contribution in [0.25, 0.3) is 5.69 Å². The second-order valence-electron chi connectivity index (χ2n) is 7.52. The van der Waals surface area contributed by atoms with Crippen LogP contribution in [-0.4, -0.2) is 52.7 Å². The van der Waals surface area contributed by atoms with Crippen molar-refractivity contribution >= 4 is 0 Å². The number of hydrogen-bond acceptors (Lipinski definition) is 5. The molecule has 0 radical (unpaired) electrons. The Morgan fingerprint density at radius 2 is 1.94 bits per heavy atom. The van der Waals surface area contributed by atoms with Gasteiger partial charge in [0.1, 0.15) is 11.6 Å². The van der Waals surface area contributed by atoms with Gasteiger partial charge in [-0.1, -0.05) is 31.2 Å². The minimum Gasteiger partial charge on any atom is -0.438 e. The lowest BCUT2D eigenvalue weighted by atomic mass is 10.2. The van der Waals surface area contributed by atoms with E-state index in [-0.39, 0.29) is 12.4 Å². The third-order valence-corrected chi connectivity index (χ3v) is 4.90. The van der Waals surface area contributed by atoms with Crippen molar-refractivity contribution in [3.63, 3.8) is 0 Å². The molecular formula is C24H30FN3O3. The molecule has 166 valence electrons. The standard InChI is InChI=1S/C24H30FN3O3/c1-4-13-27(15-21(29)17-30-3)16-23-18(2)26-28(20-10-6-5-7-11-20)24(23)31-22-12-8-9-19(25)14-22/h5-12,14,21,29H,4,13,15-17H2,1-3H3/t21-/m1/s1. The van der Waals surface area contributed by atoms with Gasteiger partial charge in [0, 0.05) is 26.3 Å². The SMILES string of the molecule is CCCN(Cc1c(C)nn(-c2ccccc2)c1Oc1cccc(F)c1)C[C@@H](O)COC. The molecule has 31 heavy (non-hydrogen) atoms. The first kappa shape index (κ1) is 22.9. The number of nitrogens with zero attached hydrogens (tertiary/aromatic N) is 3. The summed E-state index contributed by atoms with van der Waals surface area (Å²) in [7, 11) is 1.58. The van der Waals surface area contributed by atoms with Crippen LogP contribution < -0.4 is 4.74 Å². The molecule has 0 unspecified atom stereocenters. The van der Waals surface area contributed by atoms with Gasteiger partial charge in [-0.3, -0.25) is 4.90 Å². The van der Waals surface area contributed by atoms with Gasteiger partial charge < -0.3 is 14.6 Å². The van der Waals surface area contributed by atoms with E-state index >= 15 is 0 Å². The van der Waals surface area contributed by atoms with Gasteiger partial charge in [-0.2, -0.15) is 5.10 Å². The Bertz CT molecular complexity index is 962. The third kappa shape index (κ3) is 6.13. The molecule has 0 saturated carbocycles. The van der Waals surface area contributed by atoms with Gasteiger partial charge in [-0.15, -0.1) is 0 Å². The van der Waals surface area contributed by atoms with Crippen LogP contribution in [0.2, 0.25) is 0 Å². The molecule has 6 nitrogen and oxygen atoms in total. The number of aliphatic hydroxyl groups is 1. The van der Waals surface area contributed by atoms with Crippen LogP contribution in [0.3, 0.4) is 0 Å². The predicted molar refractivity (Wildman–Crippen MR) is 118 cm³/mol. The highest BCUT2D eigenvalue weighted by Gasteiger charge is 2.22. The van der Waals surface area contributed by atoms with E-state index in [9.17, 15) is 9.50 Å². The largest absolute Gasteiger partial charge is 0.438 e. The zero-order chi connectivity index (χ0) is 22.2. The Morgan fingerprint density at radius 1 is 1.16 bits per heavy atom. The summed E-state index contributed by atoms with van der Waals surface area (Å²) in [5.41, 5.74) is 2.56. The Kier molecular flexibility index (Phi) is 8.17. The quantitative estimate of drug-likeness (QED) is 0.494. The Hall–Kier alpha value is -2.74. The monoisotopic (exact) mass is 427 g/mol. The summed E-state index contributed by atoms with van der Waals surface area (Å²) in [6.07, 6.45) is 0.347. The molecule has 0 aliphatic rings. The fraction of sp³-hybridized carbons (Fsp3) is 0.375. The molecule has 3 aromatic rings. The number of rotatable bonds is 11. The van der Waals surface area contributed by atoms with Gasteiger partial charge in [-0.05, 0) is 44.2 Å². The van der Waals surface area contributed by atoms with E-state index in [1.165, 1.54) is 12.1 Å². The summed E-state index contributed by atoms with van der Waals surface area (Å²) in [6, 6.07) is 15.8. The van der Waals surface area contributed by atoms with Gasteiger partial charge in [0.25, 0.3) is 0 Å². The molecule has 0 fully saturated rings. The molecule has 0 aliphatic carbocycles. The minimum absolute atomic E-state index is 0.273. The van der Waals surface area contributed by atoms with E-state index in [4.69, 9.17) is 14.6 Å². The van der Waals surface area contributed by atoms with E-state index in [0.717, 1.165) is 29.9 Å². The average Bonchev–Trinajstić information content (AvgIpc) is 3.04. The molecule has 1 heterocycles. The Balaban J connectivity index is 1.98. The smallest absolute Gasteiger partial charge is 0.227 e. The molecular weight excluding hydrogens is 397 g/mol. The summed E-state index contributed by atoms with van der Waals surface area (Å²) in [4.78, 5) is 2.15. The van der Waals surface area contributed by atoms with E-state index in [1.807, 2.05) is 37.3 Å². The molecule has 0 amide bonds. The lowest BCUT2D eigenvalue weighted by Gasteiger charge is -2.24. The fourth-order valence-electron chi connectivity index (χ4n) is 3.53. The number of aliphatic hydroxyl groups excluding tert-OH is 1. The van der Waals surface area contributed by atoms with Gasteiger partial charge in [0.2, 0.25) is 5.88 Å². The van der Waals surface area contributed by atoms with Crippen molar-refractivity contribution in [1.82, 2.24) is 14.7 Å². The molecule has 7 heteroatoms. The summed E-state index contributed by atoms with van der Waals surface area (Å²) >= 11 is 0. The fourth-order valence-corrected chi connectivity index (χ4v) is 3.53. The Labute approximate surface area is 182 Å². The number of halogens is 1. The summed E-state index contributed by atoms with van der Waals surface area (Å²) < 4.78 is 26.8. The molecule has 0 aliphatic heterocycles. The molecule has 0 saturated heterocycles. The molecule has 1 aromatic heterocycles. The predicted octanol–water partition coefficient (Wildman–Crippen LogP) is 4.33. The van der Waals surface area contributed by atoms with Crippen LogP contribution in [0.1, 0.15) is 24.6 Å². The van der Waals surface area contributed by atoms with Crippen molar-refractivity contribution in [1.29, 1.82) is 0 Å². The van der Waals surface area contributed by atoms with Crippen LogP contribution in [-0.2, 0) is 11.3 Å². The third-order valence-electron chi connectivity index (χ3n) is 4.90. The summed E-state index contributed by atoms with van der Waals surface area (Å²) in [5.74, 6) is 0.577. The first-order valence-electron chi connectivity index (χ1n) is 10.5. The summed E-state index contributed by atoms with van der Waals surface area (Å²) in [6.45, 7) is 6.11. The first-order valence-corrected chi connectivity index (χ1v) is 10.5. The highest BCUT2D eigenvalue weighted by molar-refractivity contribution is 5.43. The number of para-hydroxylation sites is 1. The molecule has 0 bridgehead atoms. The maximum absolute atomic E-state index is 13.8. The van der Waals surface area contributed by atoms with Crippen molar-refractivity contribution in [2.45, 2.75) is 32.9 Å². The summed E-state index contributed by atoms with van der Waals surface area (Å²) in [5, 5.41) is 15.0. The second kappa shape index (κ2) is 11.0. The maximum Gasteiger partial charge on any atom is 0.227 e. The lowest BCUT2D eigenvalue weighted by Crippen LogP contribution is -2.35. The lowest BCUT2D eigenvalue weighted by molar-refractivity contribution is 0.0356. The average molecular weight is 428 g/mol. The second-order valence-corrected chi connectivity index (χ2v) is 7.52. The van der Waals surface area contributed by atoms with E-state index in [1.54, 1.807) is 23.9 Å². The van der Waals surface area contributed by atoms with Crippen LogP contribution >= 0.6 is 0 Å². The minimum atomic E-state index is -0.589. The van der Waals surface area contributed by atoms with Gasteiger partial charge in [-0.25, -0.2) is 9.07 Å². The first-order chi connectivity index (χ1) is 15.0. The van der Waals surface area contributed by atoms with Crippen molar-refractivity contribution in [3.8, 4) is 17.3 Å². The van der Waals surface area contributed by atoms with Crippen LogP contribution in [0.4, 0.5) is 4.39 Å². The zero-order valence-corrected chi connectivity index (χ0v) is 18.3. The van der Waals surface area contributed by atoms with Gasteiger partial charge in [0.05, 0.1) is 29.7 Å². The number of ether oxygens (including phenoxy) is 2. The number of hydrogen-bond donors (Lipinski definition) is 1. The molecule has 1 atom stereocenters. The van der Waals surface area contributed by atoms with Crippen molar-refractivity contribution in [2.24, 2.45) is 0 Å². The van der Waals surface area contributed by atoms with Crippen LogP contribution in [0.5, 0.6) is 11.6 Å². The molecule has 0 spiro atoms. The maximum atomic E-state index is 13.8. The topological polar surface area (TPSA) is 59.8 Å². The van der Waals surface area contributed by atoms with E-state index in [2.05, 4.69) is 11.8 Å². The van der Waals surface area contributed by atoms with Crippen molar-refractivity contribution < 1.29 is 19.0 Å². The van der Waals surface area contributed by atoms with Gasteiger partial charge >= 0.3 is 0 Å². The molecule has 2 aromatic carbocycles. The number of methoxy groups -OCH3 is 1. The highest BCUT2D eigenvalue weighted by Crippen LogP contribution is 2.32. The van der Waals surface area contributed by atoms with Crippen LogP contribution in [0.15, 0.2) is 54.6 Å². The van der Waals surface area contributed by atoms with E-state index < -0.39 is 6.10 Å². The van der Waals surface area contributed by atoms with Gasteiger partial charge in [0.15, 0.2) is 0 Å². The Morgan fingerprint density at radius 3 is 2.61 bits per heavy atom. The normalized spacial score (nSPS) is 12.3. The number of benzene rings is 2. The number of aromatic nitrogens is 2. The molecule has 1 N–H and O–H groups in total. The van der Waals surface area contributed by atoms with Crippen molar-refractivity contribution in [3.05, 3.63) is 71.7 Å². The molecule has 3 rings (SSSR count). The van der Waals surface area contributed by atoms with E-state index in [0.29, 0.717) is 24.7 Å².